The fourth-order valence-electron chi connectivity index (χ4n) is 1.10. The summed E-state index contributed by atoms with van der Waals surface area (Å²) in [7, 11) is 1.22. The summed E-state index contributed by atoms with van der Waals surface area (Å²) < 4.78 is 9.64. The molecule has 0 radical (unpaired) electrons. The number of amides is 1. The van der Waals surface area contributed by atoms with E-state index in [0.717, 1.165) is 0 Å². The van der Waals surface area contributed by atoms with Gasteiger partial charge in [0.2, 0.25) is 0 Å². The number of esters is 1. The van der Waals surface area contributed by atoms with Gasteiger partial charge in [-0.25, -0.2) is 14.6 Å². The molecule has 0 fully saturated rings. The topological polar surface area (TPSA) is 89.5 Å². The van der Waals surface area contributed by atoms with Gasteiger partial charge in [0.05, 0.1) is 7.11 Å². The van der Waals surface area contributed by atoms with Crippen LogP contribution in [0.25, 0.3) is 0 Å². The van der Waals surface area contributed by atoms with Gasteiger partial charge in [0.15, 0.2) is 5.13 Å². The molecule has 1 amide bonds. The number of carbonyl (C=O) groups excluding carboxylic acids is 2. The van der Waals surface area contributed by atoms with Gasteiger partial charge in [0, 0.05) is 17.8 Å². The van der Waals surface area contributed by atoms with Gasteiger partial charge in [-0.1, -0.05) is 0 Å². The summed E-state index contributed by atoms with van der Waals surface area (Å²) in [5.74, 6) is -0.695. The molecule has 0 aliphatic carbocycles. The second-order valence-corrected chi connectivity index (χ2v) is 5.55. The Balaban J connectivity index is 2.72. The van der Waals surface area contributed by atoms with Gasteiger partial charge in [0.1, 0.15) is 11.3 Å². The average molecular weight is 299 g/mol. The lowest BCUT2D eigenvalue weighted by atomic mass is 10.2. The number of rotatable bonds is 4. The fraction of sp³-hybridized carbons (Fsp3) is 0.417. The Morgan fingerprint density at radius 3 is 2.60 bits per heavy atom. The lowest BCUT2D eigenvalue weighted by Crippen LogP contribution is -2.34. The first kappa shape index (κ1) is 16.0. The number of alkyl carbamates (subject to hydrolysis) is 1. The van der Waals surface area contributed by atoms with E-state index < -0.39 is 17.7 Å². The van der Waals surface area contributed by atoms with Crippen molar-refractivity contribution >= 4 is 28.5 Å². The maximum absolute atomic E-state index is 11.6. The van der Waals surface area contributed by atoms with Gasteiger partial charge in [-0.2, -0.15) is 0 Å². The van der Waals surface area contributed by atoms with E-state index in [-0.39, 0.29) is 5.70 Å². The Hall–Kier alpha value is -2.09. The minimum Gasteiger partial charge on any atom is -0.464 e. The Bertz CT molecular complexity index is 491. The maximum atomic E-state index is 11.6. The van der Waals surface area contributed by atoms with Gasteiger partial charge in [-0.15, -0.1) is 11.3 Å². The number of carbonyl (C=O) groups is 2. The van der Waals surface area contributed by atoms with Crippen LogP contribution in [0.2, 0.25) is 0 Å². The standard InChI is InChI=1S/C12H17N3O4S/c1-12(2,3)19-11(17)15-8(9(16)18-4)7-14-10-13-5-6-20-10/h5-7H,1-4H3,(H,13,14)(H,15,17)/b8-7-. The monoisotopic (exact) mass is 299 g/mol. The lowest BCUT2D eigenvalue weighted by Gasteiger charge is -2.20. The zero-order chi connectivity index (χ0) is 15.2. The van der Waals surface area contributed by atoms with Crippen LogP contribution < -0.4 is 10.6 Å². The lowest BCUT2D eigenvalue weighted by molar-refractivity contribution is -0.136. The van der Waals surface area contributed by atoms with Crippen molar-refractivity contribution in [2.45, 2.75) is 26.4 Å². The number of hydrogen-bond acceptors (Lipinski definition) is 7. The molecule has 0 aromatic carbocycles. The molecule has 7 nitrogen and oxygen atoms in total. The predicted octanol–water partition coefficient (Wildman–Crippen LogP) is 2.09. The molecular weight excluding hydrogens is 282 g/mol. The smallest absolute Gasteiger partial charge is 0.412 e. The van der Waals surface area contributed by atoms with Crippen LogP contribution in [-0.4, -0.2) is 29.8 Å². The summed E-state index contributed by atoms with van der Waals surface area (Å²) in [4.78, 5) is 27.2. The van der Waals surface area contributed by atoms with Crippen LogP contribution in [0.1, 0.15) is 20.8 Å². The average Bonchev–Trinajstić information content (AvgIpc) is 2.84. The van der Waals surface area contributed by atoms with Crippen LogP contribution in [-0.2, 0) is 14.3 Å². The Morgan fingerprint density at radius 1 is 1.40 bits per heavy atom. The van der Waals surface area contributed by atoms with Gasteiger partial charge < -0.3 is 14.8 Å². The molecule has 0 saturated heterocycles. The molecule has 20 heavy (non-hydrogen) atoms. The minimum atomic E-state index is -0.741. The van der Waals surface area contributed by atoms with E-state index in [1.165, 1.54) is 24.6 Å². The van der Waals surface area contributed by atoms with Crippen molar-refractivity contribution in [3.8, 4) is 0 Å². The van der Waals surface area contributed by atoms with E-state index in [1.807, 2.05) is 0 Å². The molecule has 0 aliphatic rings. The number of aromatic nitrogens is 1. The van der Waals surface area contributed by atoms with E-state index in [2.05, 4.69) is 20.4 Å². The highest BCUT2D eigenvalue weighted by Crippen LogP contribution is 2.11. The third-order valence-corrected chi connectivity index (χ3v) is 2.52. The molecule has 8 heteroatoms. The number of hydrogen-bond donors (Lipinski definition) is 2. The van der Waals surface area contributed by atoms with Crippen LogP contribution in [0.5, 0.6) is 0 Å². The fourth-order valence-corrected chi connectivity index (χ4v) is 1.60. The molecule has 0 bridgehead atoms. The van der Waals surface area contributed by atoms with Crippen LogP contribution in [0.3, 0.4) is 0 Å². The van der Waals surface area contributed by atoms with E-state index in [9.17, 15) is 9.59 Å². The molecule has 0 spiro atoms. The normalized spacial score (nSPS) is 11.7. The first-order valence-corrected chi connectivity index (χ1v) is 6.64. The molecular formula is C12H17N3O4S. The maximum Gasteiger partial charge on any atom is 0.412 e. The molecule has 110 valence electrons. The zero-order valence-electron chi connectivity index (χ0n) is 11.7. The molecule has 0 unspecified atom stereocenters. The number of thiazole rings is 1. The Kier molecular flexibility index (Phi) is 5.51. The molecule has 0 saturated carbocycles. The van der Waals surface area contributed by atoms with Crippen LogP contribution >= 0.6 is 11.3 Å². The van der Waals surface area contributed by atoms with Crippen LogP contribution in [0.15, 0.2) is 23.5 Å². The summed E-state index contributed by atoms with van der Waals surface area (Å²) in [5.41, 5.74) is -0.731. The van der Waals surface area contributed by atoms with E-state index in [0.29, 0.717) is 5.13 Å². The highest BCUT2D eigenvalue weighted by atomic mass is 32.1. The summed E-state index contributed by atoms with van der Waals surface area (Å²) in [5, 5.41) is 7.46. The molecule has 1 aromatic heterocycles. The van der Waals surface area contributed by atoms with Crippen LogP contribution in [0, 0.1) is 0 Å². The van der Waals surface area contributed by atoms with Crippen LogP contribution in [0.4, 0.5) is 9.93 Å². The molecule has 1 heterocycles. The number of nitrogens with one attached hydrogen (secondary N) is 2. The number of nitrogens with zero attached hydrogens (tertiary/aromatic N) is 1. The molecule has 1 rings (SSSR count). The first-order valence-electron chi connectivity index (χ1n) is 5.76. The summed E-state index contributed by atoms with van der Waals surface area (Å²) >= 11 is 1.35. The van der Waals surface area contributed by atoms with Crippen molar-refractivity contribution in [2.24, 2.45) is 0 Å². The third kappa shape index (κ3) is 5.70. The van der Waals surface area contributed by atoms with Crippen molar-refractivity contribution in [1.29, 1.82) is 0 Å². The number of methoxy groups -OCH3 is 1. The van der Waals surface area contributed by atoms with Gasteiger partial charge in [-0.3, -0.25) is 5.32 Å². The summed E-state index contributed by atoms with van der Waals surface area (Å²) in [6.07, 6.45) is 2.17. The molecule has 0 atom stereocenters. The highest BCUT2D eigenvalue weighted by Gasteiger charge is 2.20. The molecule has 2 N–H and O–H groups in total. The SMILES string of the molecule is COC(=O)/C(=C/Nc1nccs1)NC(=O)OC(C)(C)C. The van der Waals surface area contributed by atoms with Gasteiger partial charge in [-0.05, 0) is 20.8 Å². The third-order valence-electron chi connectivity index (χ3n) is 1.81. The predicted molar refractivity (Wildman–Crippen MR) is 75.2 cm³/mol. The van der Waals surface area contributed by atoms with Crippen molar-refractivity contribution in [2.75, 3.05) is 12.4 Å². The second-order valence-electron chi connectivity index (χ2n) is 4.66. The van der Waals surface area contributed by atoms with Crippen molar-refractivity contribution < 1.29 is 19.1 Å². The van der Waals surface area contributed by atoms with E-state index in [1.54, 1.807) is 32.3 Å². The largest absolute Gasteiger partial charge is 0.464 e. The van der Waals surface area contributed by atoms with Gasteiger partial charge in [0.25, 0.3) is 0 Å². The molecule has 1 aromatic rings. The van der Waals surface area contributed by atoms with Gasteiger partial charge >= 0.3 is 12.1 Å². The highest BCUT2D eigenvalue weighted by molar-refractivity contribution is 7.13. The second kappa shape index (κ2) is 6.90. The van der Waals surface area contributed by atoms with Crippen molar-refractivity contribution in [1.82, 2.24) is 10.3 Å². The summed E-state index contributed by atoms with van der Waals surface area (Å²) in [6, 6.07) is 0. The molecule has 0 aliphatic heterocycles. The van der Waals surface area contributed by atoms with E-state index >= 15 is 0 Å². The Morgan fingerprint density at radius 2 is 2.10 bits per heavy atom. The first-order chi connectivity index (χ1) is 9.31. The zero-order valence-corrected chi connectivity index (χ0v) is 12.5. The van der Waals surface area contributed by atoms with E-state index in [4.69, 9.17) is 4.74 Å². The number of ether oxygens (including phenoxy) is 2. The Labute approximate surface area is 121 Å². The van der Waals surface area contributed by atoms with Crippen molar-refractivity contribution in [3.63, 3.8) is 0 Å². The summed E-state index contributed by atoms with van der Waals surface area (Å²) in [6.45, 7) is 5.17. The minimum absolute atomic E-state index is 0.0723. The van der Waals surface area contributed by atoms with Crippen molar-refractivity contribution in [3.05, 3.63) is 23.5 Å². The quantitative estimate of drug-likeness (QED) is 0.653. The number of anilines is 1.